The van der Waals surface area contributed by atoms with Crippen molar-refractivity contribution in [2.45, 2.75) is 0 Å². The van der Waals surface area contributed by atoms with Gasteiger partial charge in [-0.15, -0.1) is 0 Å². The van der Waals surface area contributed by atoms with Gasteiger partial charge in [-0.05, 0) is 23.7 Å². The first-order valence-electron chi connectivity index (χ1n) is 3.70. The highest BCUT2D eigenvalue weighted by Gasteiger charge is 2.05. The summed E-state index contributed by atoms with van der Waals surface area (Å²) in [6.45, 7) is 0. The molecule has 1 heterocycles. The number of hydrogen-bond acceptors (Lipinski definition) is 4. The number of benzene rings is 1. The van der Waals surface area contributed by atoms with Crippen LogP contribution in [0.25, 0.3) is 10.9 Å². The largest absolute Gasteiger partial charge is 0.411 e. The minimum absolute atomic E-state index is 0.0941. The van der Waals surface area contributed by atoms with Gasteiger partial charge < -0.3 is 4.84 Å². The van der Waals surface area contributed by atoms with E-state index in [1.54, 1.807) is 18.2 Å². The average Bonchev–Trinajstić information content (AvgIpc) is 2.16. The van der Waals surface area contributed by atoms with Crippen molar-refractivity contribution >= 4 is 34.1 Å². The van der Waals surface area contributed by atoms with Crippen molar-refractivity contribution in [2.75, 3.05) is 0 Å². The summed E-state index contributed by atoms with van der Waals surface area (Å²) in [5.41, 5.74) is 0.595. The van der Waals surface area contributed by atoms with Crippen LogP contribution in [0.2, 0.25) is 10.4 Å². The lowest BCUT2D eigenvalue weighted by Gasteiger charge is -2.02. The summed E-state index contributed by atoms with van der Waals surface area (Å²) in [4.78, 5) is 12.3. The van der Waals surface area contributed by atoms with Crippen molar-refractivity contribution in [3.05, 3.63) is 28.6 Å². The Kier molecular flexibility index (Phi) is 2.41. The van der Waals surface area contributed by atoms with E-state index in [-0.39, 0.29) is 5.28 Å². The molecule has 0 unspecified atom stereocenters. The molecule has 0 bridgehead atoms. The zero-order chi connectivity index (χ0) is 10.1. The highest BCUT2D eigenvalue weighted by molar-refractivity contribution is 6.35. The predicted molar refractivity (Wildman–Crippen MR) is 54.4 cm³/mol. The Morgan fingerprint density at radius 1 is 1.21 bits per heavy atom. The molecule has 14 heavy (non-hydrogen) atoms. The van der Waals surface area contributed by atoms with Gasteiger partial charge in [0.25, 0.3) is 0 Å². The molecule has 0 radical (unpaired) electrons. The van der Waals surface area contributed by atoms with Crippen molar-refractivity contribution in [1.82, 2.24) is 9.97 Å². The Balaban J connectivity index is 2.75. The van der Waals surface area contributed by atoms with Gasteiger partial charge >= 0.3 is 0 Å². The van der Waals surface area contributed by atoms with Gasteiger partial charge in [0.05, 0.1) is 5.52 Å². The van der Waals surface area contributed by atoms with E-state index in [9.17, 15) is 0 Å². The number of rotatable bonds is 1. The van der Waals surface area contributed by atoms with Gasteiger partial charge in [-0.2, -0.15) is 5.90 Å². The van der Waals surface area contributed by atoms with Crippen LogP contribution in [-0.2, 0) is 0 Å². The quantitative estimate of drug-likeness (QED) is 0.463. The van der Waals surface area contributed by atoms with E-state index in [1.165, 1.54) is 0 Å². The molecule has 0 saturated heterocycles. The zero-order valence-corrected chi connectivity index (χ0v) is 8.38. The molecule has 72 valence electrons. The highest BCUT2D eigenvalue weighted by Crippen LogP contribution is 2.25. The van der Waals surface area contributed by atoms with Crippen molar-refractivity contribution in [1.29, 1.82) is 0 Å². The molecule has 2 rings (SSSR count). The Labute approximate surface area is 89.6 Å². The first kappa shape index (κ1) is 9.45. The van der Waals surface area contributed by atoms with Crippen molar-refractivity contribution in [2.24, 2.45) is 5.90 Å². The van der Waals surface area contributed by atoms with Crippen LogP contribution in [-0.4, -0.2) is 9.97 Å². The molecule has 0 saturated carbocycles. The van der Waals surface area contributed by atoms with Crippen LogP contribution in [0, 0.1) is 0 Å². The summed E-state index contributed by atoms with van der Waals surface area (Å²) in [7, 11) is 0. The summed E-state index contributed by atoms with van der Waals surface area (Å²) in [5.74, 6) is 5.50. The van der Waals surface area contributed by atoms with Gasteiger partial charge in [0.1, 0.15) is 10.9 Å². The SMILES string of the molecule is NOc1ccc2c(Cl)nc(Cl)nc2c1. The van der Waals surface area contributed by atoms with Crippen LogP contribution in [0.1, 0.15) is 0 Å². The van der Waals surface area contributed by atoms with E-state index < -0.39 is 0 Å². The lowest BCUT2D eigenvalue weighted by Crippen LogP contribution is -2.01. The fourth-order valence-corrected chi connectivity index (χ4v) is 1.58. The van der Waals surface area contributed by atoms with E-state index in [4.69, 9.17) is 29.1 Å². The molecule has 0 amide bonds. The van der Waals surface area contributed by atoms with E-state index >= 15 is 0 Å². The molecule has 2 N–H and O–H groups in total. The molecule has 0 fully saturated rings. The Morgan fingerprint density at radius 2 is 2.00 bits per heavy atom. The average molecular weight is 230 g/mol. The Hall–Kier alpha value is -1.10. The van der Waals surface area contributed by atoms with E-state index in [0.29, 0.717) is 21.8 Å². The van der Waals surface area contributed by atoms with Gasteiger partial charge in [0.2, 0.25) is 5.28 Å². The predicted octanol–water partition coefficient (Wildman–Crippen LogP) is 2.19. The first-order chi connectivity index (χ1) is 6.70. The van der Waals surface area contributed by atoms with Gasteiger partial charge in [0, 0.05) is 11.5 Å². The maximum absolute atomic E-state index is 5.85. The third-order valence-electron chi connectivity index (χ3n) is 1.73. The minimum atomic E-state index is 0.0941. The van der Waals surface area contributed by atoms with Crippen LogP contribution in [0.3, 0.4) is 0 Å². The summed E-state index contributed by atoms with van der Waals surface area (Å²) < 4.78 is 0. The van der Waals surface area contributed by atoms with Gasteiger partial charge in [-0.1, -0.05) is 11.6 Å². The van der Waals surface area contributed by atoms with Crippen LogP contribution in [0.15, 0.2) is 18.2 Å². The number of hydrogen-bond donors (Lipinski definition) is 1. The molecule has 0 aliphatic rings. The molecule has 1 aromatic heterocycles. The van der Waals surface area contributed by atoms with E-state index in [2.05, 4.69) is 14.8 Å². The lowest BCUT2D eigenvalue weighted by molar-refractivity contribution is 0.335. The second-order valence-corrected chi connectivity index (χ2v) is 3.28. The first-order valence-corrected chi connectivity index (χ1v) is 4.46. The molecule has 1 aromatic carbocycles. The van der Waals surface area contributed by atoms with Gasteiger partial charge in [-0.25, -0.2) is 9.97 Å². The Bertz CT molecular complexity index is 489. The molecule has 2 aromatic rings. The maximum atomic E-state index is 5.85. The molecular weight excluding hydrogens is 225 g/mol. The second-order valence-electron chi connectivity index (χ2n) is 2.58. The summed E-state index contributed by atoms with van der Waals surface area (Å²) >= 11 is 11.5. The van der Waals surface area contributed by atoms with Gasteiger partial charge in [-0.3, -0.25) is 0 Å². The number of fused-ring (bicyclic) bond motifs is 1. The molecule has 4 nitrogen and oxygen atoms in total. The third-order valence-corrected chi connectivity index (χ3v) is 2.19. The fraction of sp³-hybridized carbons (Fsp3) is 0. The number of aromatic nitrogens is 2. The van der Waals surface area contributed by atoms with E-state index in [1.807, 2.05) is 0 Å². The smallest absolute Gasteiger partial charge is 0.224 e. The Morgan fingerprint density at radius 3 is 2.71 bits per heavy atom. The monoisotopic (exact) mass is 229 g/mol. The molecule has 0 spiro atoms. The summed E-state index contributed by atoms with van der Waals surface area (Å²) in [6, 6.07) is 5.02. The second kappa shape index (κ2) is 3.57. The highest BCUT2D eigenvalue weighted by atomic mass is 35.5. The molecule has 0 atom stereocenters. The summed E-state index contributed by atoms with van der Waals surface area (Å²) in [5, 5.41) is 1.11. The van der Waals surface area contributed by atoms with Gasteiger partial charge in [0.15, 0.2) is 0 Å². The van der Waals surface area contributed by atoms with Crippen LogP contribution >= 0.6 is 23.2 Å². The fourth-order valence-electron chi connectivity index (χ4n) is 1.12. The molecular formula is C8H5Cl2N3O. The zero-order valence-electron chi connectivity index (χ0n) is 6.87. The number of nitrogens with zero attached hydrogens (tertiary/aromatic N) is 2. The normalized spacial score (nSPS) is 10.5. The topological polar surface area (TPSA) is 61.0 Å². The van der Waals surface area contributed by atoms with Crippen molar-refractivity contribution < 1.29 is 4.84 Å². The molecule has 6 heteroatoms. The lowest BCUT2D eigenvalue weighted by atomic mass is 10.2. The third kappa shape index (κ3) is 1.59. The van der Waals surface area contributed by atoms with Crippen molar-refractivity contribution in [3.63, 3.8) is 0 Å². The van der Waals surface area contributed by atoms with Crippen LogP contribution in [0.4, 0.5) is 0 Å². The maximum Gasteiger partial charge on any atom is 0.224 e. The molecule has 0 aliphatic heterocycles. The van der Waals surface area contributed by atoms with Crippen LogP contribution in [0.5, 0.6) is 5.75 Å². The number of halogens is 2. The molecule has 0 aliphatic carbocycles. The number of nitrogens with two attached hydrogens (primary N) is 1. The van der Waals surface area contributed by atoms with Crippen LogP contribution < -0.4 is 10.7 Å². The standard InChI is InChI=1S/C8H5Cl2N3O/c9-7-5-2-1-4(14-11)3-6(5)12-8(10)13-7/h1-3H,11H2. The summed E-state index contributed by atoms with van der Waals surface area (Å²) in [6.07, 6.45) is 0. The van der Waals surface area contributed by atoms with Crippen molar-refractivity contribution in [3.8, 4) is 5.75 Å². The minimum Gasteiger partial charge on any atom is -0.411 e. The van der Waals surface area contributed by atoms with E-state index in [0.717, 1.165) is 0 Å².